The van der Waals surface area contributed by atoms with Gasteiger partial charge in [0, 0.05) is 28.7 Å². The van der Waals surface area contributed by atoms with E-state index in [0.717, 1.165) is 23.2 Å². The van der Waals surface area contributed by atoms with Crippen LogP contribution in [0.2, 0.25) is 10.0 Å². The normalized spacial score (nSPS) is 13.1. The lowest BCUT2D eigenvalue weighted by molar-refractivity contribution is -0.114. The summed E-state index contributed by atoms with van der Waals surface area (Å²) in [7, 11) is 1.56. The van der Waals surface area contributed by atoms with Crippen molar-refractivity contribution >= 4 is 40.9 Å². The highest BCUT2D eigenvalue weighted by Crippen LogP contribution is 2.39. The number of hydrogen-bond donors (Lipinski definition) is 1. The SMILES string of the molecule is COc1cc2c(cc1OCCO)N(C(=O)C=Cc1ccc(Cl)cc1Cl)CC2. The van der Waals surface area contributed by atoms with Gasteiger partial charge < -0.3 is 19.5 Å². The Kier molecular flexibility index (Phi) is 6.26. The molecule has 2 aromatic rings. The number of hydrogen-bond acceptors (Lipinski definition) is 4. The maximum Gasteiger partial charge on any atom is 0.251 e. The number of halogens is 2. The number of aliphatic hydroxyl groups is 1. The van der Waals surface area contributed by atoms with E-state index in [1.54, 1.807) is 42.4 Å². The van der Waals surface area contributed by atoms with Gasteiger partial charge in [-0.05, 0) is 41.8 Å². The molecular formula is C20H19Cl2NO4. The molecule has 0 aliphatic carbocycles. The van der Waals surface area contributed by atoms with Crippen molar-refractivity contribution in [1.82, 2.24) is 0 Å². The molecule has 7 heteroatoms. The van der Waals surface area contributed by atoms with Crippen molar-refractivity contribution in [1.29, 1.82) is 0 Å². The molecule has 0 aromatic heterocycles. The van der Waals surface area contributed by atoms with Crippen LogP contribution in [0, 0.1) is 0 Å². The molecule has 142 valence electrons. The number of rotatable bonds is 6. The number of aliphatic hydroxyl groups excluding tert-OH is 1. The molecule has 3 rings (SSSR count). The predicted octanol–water partition coefficient (Wildman–Crippen LogP) is 3.98. The monoisotopic (exact) mass is 407 g/mol. The van der Waals surface area contributed by atoms with E-state index in [9.17, 15) is 4.79 Å². The number of methoxy groups -OCH3 is 1. The van der Waals surface area contributed by atoms with Gasteiger partial charge in [0.05, 0.1) is 19.4 Å². The van der Waals surface area contributed by atoms with Crippen molar-refractivity contribution < 1.29 is 19.4 Å². The number of amides is 1. The van der Waals surface area contributed by atoms with Gasteiger partial charge in [-0.1, -0.05) is 29.3 Å². The average molecular weight is 408 g/mol. The van der Waals surface area contributed by atoms with Crippen LogP contribution in [0.15, 0.2) is 36.4 Å². The predicted molar refractivity (Wildman–Crippen MR) is 107 cm³/mol. The van der Waals surface area contributed by atoms with Crippen LogP contribution in [0.5, 0.6) is 11.5 Å². The van der Waals surface area contributed by atoms with E-state index < -0.39 is 0 Å². The second-order valence-electron chi connectivity index (χ2n) is 5.94. The number of anilines is 1. The van der Waals surface area contributed by atoms with Gasteiger partial charge in [-0.15, -0.1) is 0 Å². The summed E-state index contributed by atoms with van der Waals surface area (Å²) < 4.78 is 10.9. The minimum Gasteiger partial charge on any atom is -0.493 e. The maximum absolute atomic E-state index is 12.7. The van der Waals surface area contributed by atoms with E-state index in [2.05, 4.69) is 0 Å². The lowest BCUT2D eigenvalue weighted by Gasteiger charge is -2.18. The van der Waals surface area contributed by atoms with Crippen LogP contribution in [0.1, 0.15) is 11.1 Å². The Morgan fingerprint density at radius 3 is 2.78 bits per heavy atom. The lowest BCUT2D eigenvalue weighted by atomic mass is 10.1. The second-order valence-corrected chi connectivity index (χ2v) is 6.79. The van der Waals surface area contributed by atoms with Crippen molar-refractivity contribution in [2.24, 2.45) is 0 Å². The number of fused-ring (bicyclic) bond motifs is 1. The third kappa shape index (κ3) is 4.38. The summed E-state index contributed by atoms with van der Waals surface area (Å²) in [5, 5.41) is 10.0. The molecule has 2 aromatic carbocycles. The van der Waals surface area contributed by atoms with Gasteiger partial charge in [-0.3, -0.25) is 4.79 Å². The van der Waals surface area contributed by atoms with Crippen LogP contribution >= 0.6 is 23.2 Å². The van der Waals surface area contributed by atoms with Crippen LogP contribution < -0.4 is 14.4 Å². The third-order valence-corrected chi connectivity index (χ3v) is 4.81. The molecule has 1 amide bonds. The Morgan fingerprint density at radius 2 is 2.07 bits per heavy atom. The number of carbonyl (C=O) groups is 1. The molecule has 27 heavy (non-hydrogen) atoms. The smallest absolute Gasteiger partial charge is 0.251 e. The van der Waals surface area contributed by atoms with Gasteiger partial charge in [-0.25, -0.2) is 0 Å². The van der Waals surface area contributed by atoms with Crippen LogP contribution in [0.3, 0.4) is 0 Å². The second kappa shape index (κ2) is 8.65. The Hall–Kier alpha value is -2.21. The number of nitrogens with zero attached hydrogens (tertiary/aromatic N) is 1. The fourth-order valence-corrected chi connectivity index (χ4v) is 3.41. The van der Waals surface area contributed by atoms with E-state index >= 15 is 0 Å². The van der Waals surface area contributed by atoms with Gasteiger partial charge in [0.15, 0.2) is 11.5 Å². The Bertz CT molecular complexity index is 883. The summed E-state index contributed by atoms with van der Waals surface area (Å²) >= 11 is 12.0. The molecular weight excluding hydrogens is 389 g/mol. The Morgan fingerprint density at radius 1 is 1.26 bits per heavy atom. The first-order chi connectivity index (χ1) is 13.0. The van der Waals surface area contributed by atoms with Crippen LogP contribution in [-0.4, -0.2) is 37.9 Å². The zero-order valence-corrected chi connectivity index (χ0v) is 16.3. The molecule has 0 spiro atoms. The first-order valence-electron chi connectivity index (χ1n) is 8.42. The molecule has 0 radical (unpaired) electrons. The standard InChI is InChI=1S/C20H19Cl2NO4/c1-26-18-10-14-6-7-23(17(14)12-19(18)27-9-8-24)20(25)5-3-13-2-4-15(21)11-16(13)22/h2-5,10-12,24H,6-9H2,1H3. The number of benzene rings is 2. The number of ether oxygens (including phenoxy) is 2. The fraction of sp³-hybridized carbons (Fsp3) is 0.250. The third-order valence-electron chi connectivity index (χ3n) is 4.24. The minimum atomic E-state index is -0.155. The van der Waals surface area contributed by atoms with Crippen molar-refractivity contribution in [2.75, 3.05) is 31.8 Å². The summed E-state index contributed by atoms with van der Waals surface area (Å²) in [6, 6.07) is 8.76. The summed E-state index contributed by atoms with van der Waals surface area (Å²) in [5.74, 6) is 0.924. The van der Waals surface area contributed by atoms with E-state index in [0.29, 0.717) is 28.1 Å². The van der Waals surface area contributed by atoms with Gasteiger partial charge in [0.25, 0.3) is 5.91 Å². The zero-order valence-electron chi connectivity index (χ0n) is 14.7. The molecule has 5 nitrogen and oxygen atoms in total. The quantitative estimate of drug-likeness (QED) is 0.735. The van der Waals surface area contributed by atoms with E-state index in [4.69, 9.17) is 37.8 Å². The molecule has 0 unspecified atom stereocenters. The van der Waals surface area contributed by atoms with Crippen molar-refractivity contribution in [2.45, 2.75) is 6.42 Å². The Labute approximate surface area is 167 Å². The Balaban J connectivity index is 1.83. The van der Waals surface area contributed by atoms with Crippen LogP contribution in [0.25, 0.3) is 6.08 Å². The summed E-state index contributed by atoms with van der Waals surface area (Å²) in [4.78, 5) is 14.4. The van der Waals surface area contributed by atoms with Crippen molar-refractivity contribution in [3.8, 4) is 11.5 Å². The highest BCUT2D eigenvalue weighted by atomic mass is 35.5. The fourth-order valence-electron chi connectivity index (χ4n) is 2.94. The van der Waals surface area contributed by atoms with E-state index in [1.807, 2.05) is 6.07 Å². The summed E-state index contributed by atoms with van der Waals surface area (Å²) in [5.41, 5.74) is 2.51. The lowest BCUT2D eigenvalue weighted by Crippen LogP contribution is -2.26. The molecule has 1 N–H and O–H groups in total. The van der Waals surface area contributed by atoms with Crippen LogP contribution in [0.4, 0.5) is 5.69 Å². The molecule has 0 saturated carbocycles. The summed E-state index contributed by atoms with van der Waals surface area (Å²) in [6.45, 7) is 0.616. The first-order valence-corrected chi connectivity index (χ1v) is 9.18. The van der Waals surface area contributed by atoms with Crippen molar-refractivity contribution in [3.05, 3.63) is 57.6 Å². The van der Waals surface area contributed by atoms with E-state index in [1.165, 1.54) is 6.08 Å². The number of carbonyl (C=O) groups excluding carboxylic acids is 1. The molecule has 1 aliphatic rings. The molecule has 1 heterocycles. The largest absolute Gasteiger partial charge is 0.493 e. The molecule has 0 atom stereocenters. The van der Waals surface area contributed by atoms with Gasteiger partial charge >= 0.3 is 0 Å². The van der Waals surface area contributed by atoms with Gasteiger partial charge in [0.2, 0.25) is 0 Å². The highest BCUT2D eigenvalue weighted by molar-refractivity contribution is 6.35. The molecule has 0 bridgehead atoms. The van der Waals surface area contributed by atoms with E-state index in [-0.39, 0.29) is 19.1 Å². The van der Waals surface area contributed by atoms with Crippen LogP contribution in [-0.2, 0) is 11.2 Å². The topological polar surface area (TPSA) is 59.0 Å². The summed E-state index contributed by atoms with van der Waals surface area (Å²) in [6.07, 6.45) is 3.89. The van der Waals surface area contributed by atoms with Crippen molar-refractivity contribution in [3.63, 3.8) is 0 Å². The molecule has 0 fully saturated rings. The molecule has 0 saturated heterocycles. The van der Waals surface area contributed by atoms with Gasteiger partial charge in [0.1, 0.15) is 6.61 Å². The molecule has 1 aliphatic heterocycles. The average Bonchev–Trinajstić information content (AvgIpc) is 3.07. The maximum atomic E-state index is 12.7. The highest BCUT2D eigenvalue weighted by Gasteiger charge is 2.25. The van der Waals surface area contributed by atoms with Gasteiger partial charge in [-0.2, -0.15) is 0 Å². The minimum absolute atomic E-state index is 0.104. The first kappa shape index (κ1) is 19.5. The zero-order chi connectivity index (χ0) is 19.4.